The number of esters is 1. The van der Waals surface area contributed by atoms with E-state index < -0.39 is 33.2 Å². The zero-order valence-corrected chi connectivity index (χ0v) is 44.1. The molecule has 0 aliphatic carbocycles. The summed E-state index contributed by atoms with van der Waals surface area (Å²) in [5, 5.41) is 18.5. The highest BCUT2D eigenvalue weighted by atomic mass is 31.2. The maximum Gasteiger partial charge on any atom is 0.472 e. The minimum Gasteiger partial charge on any atom is -0.457 e. The number of allylic oxidation sites excluding steroid dienone is 6. The minimum absolute atomic E-state index is 0.0499. The maximum absolute atomic E-state index is 12.7. The molecule has 0 spiro atoms. The Morgan fingerprint density at radius 1 is 0.470 bits per heavy atom. The van der Waals surface area contributed by atoms with Crippen LogP contribution >= 0.6 is 7.82 Å². The molecule has 0 aliphatic heterocycles. The Labute approximate surface area is 407 Å². The van der Waals surface area contributed by atoms with Gasteiger partial charge in [0.05, 0.1) is 26.4 Å². The van der Waals surface area contributed by atoms with Gasteiger partial charge in [-0.25, -0.2) is 4.57 Å². The zero-order chi connectivity index (χ0) is 48.1. The largest absolute Gasteiger partial charge is 0.472 e. The smallest absolute Gasteiger partial charge is 0.457 e. The molecule has 0 aromatic carbocycles. The molecule has 0 fully saturated rings. The third kappa shape index (κ3) is 52.1. The highest BCUT2D eigenvalue weighted by Gasteiger charge is 2.26. The van der Waals surface area contributed by atoms with E-state index >= 15 is 0 Å². The van der Waals surface area contributed by atoms with Crippen LogP contribution < -0.4 is 0 Å². The fourth-order valence-electron chi connectivity index (χ4n) is 8.03. The Morgan fingerprint density at radius 2 is 0.818 bits per heavy atom. The van der Waals surface area contributed by atoms with Crippen LogP contribution in [-0.4, -0.2) is 66.3 Å². The summed E-state index contributed by atoms with van der Waals surface area (Å²) in [5.41, 5.74) is 0. The number of aliphatic hydroxyl groups is 2. The standard InChI is InChI=1S/C56H107O9P/c1-3-5-7-9-11-13-15-17-19-21-23-25-26-27-29-31-33-35-37-39-41-43-45-47-49-62-52-55(53-64-66(60,61)63-51-54(58)50-57)65-56(59)48-46-44-42-40-38-36-34-32-30-28-24-22-20-18-16-14-12-10-8-6-4-2/h15,17,21-24,54-55,57-58H,3-14,16,18-20,25-53H2,1-2H3,(H,60,61)/b17-15-,23-21-,24-22-. The van der Waals surface area contributed by atoms with Crippen molar-refractivity contribution in [2.24, 2.45) is 0 Å². The van der Waals surface area contributed by atoms with Crippen LogP contribution in [0.15, 0.2) is 36.5 Å². The summed E-state index contributed by atoms with van der Waals surface area (Å²) in [6.07, 6.45) is 61.2. The van der Waals surface area contributed by atoms with Crippen molar-refractivity contribution >= 4 is 13.8 Å². The van der Waals surface area contributed by atoms with Gasteiger partial charge in [0.2, 0.25) is 0 Å². The molecular formula is C56H107O9P. The van der Waals surface area contributed by atoms with Gasteiger partial charge in [0, 0.05) is 13.0 Å². The summed E-state index contributed by atoms with van der Waals surface area (Å²) in [6.45, 7) is 3.56. The molecule has 0 saturated carbocycles. The first-order chi connectivity index (χ1) is 32.3. The molecule has 0 saturated heterocycles. The second-order valence-corrected chi connectivity index (χ2v) is 20.4. The van der Waals surface area contributed by atoms with E-state index in [4.69, 9.17) is 23.6 Å². The Kier molecular flexibility index (Phi) is 52.0. The lowest BCUT2D eigenvalue weighted by Crippen LogP contribution is -2.29. The third-order valence-electron chi connectivity index (χ3n) is 12.3. The van der Waals surface area contributed by atoms with Crippen molar-refractivity contribution in [3.63, 3.8) is 0 Å². The molecule has 3 N–H and O–H groups in total. The molecule has 0 radical (unpaired) electrons. The topological polar surface area (TPSA) is 132 Å². The molecule has 3 unspecified atom stereocenters. The van der Waals surface area contributed by atoms with E-state index in [-0.39, 0.29) is 25.6 Å². The first-order valence-electron chi connectivity index (χ1n) is 28.0. The molecule has 390 valence electrons. The molecule has 0 rings (SSSR count). The summed E-state index contributed by atoms with van der Waals surface area (Å²) in [7, 11) is -4.53. The van der Waals surface area contributed by atoms with E-state index in [2.05, 4.69) is 50.3 Å². The number of phosphoric acid groups is 1. The van der Waals surface area contributed by atoms with Gasteiger partial charge < -0.3 is 24.6 Å². The predicted octanol–water partition coefficient (Wildman–Crippen LogP) is 16.7. The van der Waals surface area contributed by atoms with Crippen molar-refractivity contribution in [2.45, 2.75) is 283 Å². The molecule has 10 heteroatoms. The van der Waals surface area contributed by atoms with Gasteiger partial charge >= 0.3 is 13.8 Å². The summed E-state index contributed by atoms with van der Waals surface area (Å²) in [4.78, 5) is 22.7. The van der Waals surface area contributed by atoms with Gasteiger partial charge in [0.25, 0.3) is 0 Å². The van der Waals surface area contributed by atoms with Gasteiger partial charge in [-0.05, 0) is 70.6 Å². The Bertz CT molecular complexity index is 1130. The predicted molar refractivity (Wildman–Crippen MR) is 279 cm³/mol. The molecule has 0 aromatic rings. The van der Waals surface area contributed by atoms with Gasteiger partial charge in [-0.1, -0.05) is 230 Å². The maximum atomic E-state index is 12.7. The number of hydrogen-bond donors (Lipinski definition) is 3. The lowest BCUT2D eigenvalue weighted by Gasteiger charge is -2.20. The molecule has 0 aromatic heterocycles. The lowest BCUT2D eigenvalue weighted by atomic mass is 10.0. The monoisotopic (exact) mass is 955 g/mol. The number of aliphatic hydroxyl groups excluding tert-OH is 2. The molecular weight excluding hydrogens is 848 g/mol. The van der Waals surface area contributed by atoms with Crippen LogP contribution in [0.4, 0.5) is 0 Å². The van der Waals surface area contributed by atoms with E-state index in [9.17, 15) is 19.4 Å². The zero-order valence-electron chi connectivity index (χ0n) is 43.2. The van der Waals surface area contributed by atoms with Crippen LogP contribution in [0.3, 0.4) is 0 Å². The second-order valence-electron chi connectivity index (χ2n) is 19.0. The van der Waals surface area contributed by atoms with Crippen molar-refractivity contribution in [1.82, 2.24) is 0 Å². The molecule has 3 atom stereocenters. The van der Waals surface area contributed by atoms with Crippen molar-refractivity contribution in [1.29, 1.82) is 0 Å². The van der Waals surface area contributed by atoms with Gasteiger partial charge in [0.1, 0.15) is 12.2 Å². The summed E-state index contributed by atoms with van der Waals surface area (Å²) in [6, 6.07) is 0. The quantitative estimate of drug-likeness (QED) is 0.0236. The van der Waals surface area contributed by atoms with Crippen molar-refractivity contribution in [3.05, 3.63) is 36.5 Å². The number of carbonyl (C=O) groups excluding carboxylic acids is 1. The molecule has 66 heavy (non-hydrogen) atoms. The average Bonchev–Trinajstić information content (AvgIpc) is 3.31. The van der Waals surface area contributed by atoms with Gasteiger partial charge in [-0.15, -0.1) is 0 Å². The normalized spacial score (nSPS) is 14.0. The Morgan fingerprint density at radius 3 is 1.23 bits per heavy atom. The Hall–Kier alpha value is -1.32. The van der Waals surface area contributed by atoms with E-state index in [0.29, 0.717) is 6.61 Å². The highest BCUT2D eigenvalue weighted by Crippen LogP contribution is 2.43. The minimum atomic E-state index is -4.53. The van der Waals surface area contributed by atoms with Crippen LogP contribution in [0.25, 0.3) is 0 Å². The number of ether oxygens (including phenoxy) is 2. The number of unbranched alkanes of at least 4 members (excludes halogenated alkanes) is 34. The van der Waals surface area contributed by atoms with Gasteiger partial charge in [-0.3, -0.25) is 13.8 Å². The van der Waals surface area contributed by atoms with Crippen LogP contribution in [0.5, 0.6) is 0 Å². The SMILES string of the molecule is CCCCCCC/C=C\C/C=C\CCCCCCCCCCCCCCOCC(COP(=O)(O)OCC(O)CO)OC(=O)CCCCCCCCCCC/C=C\CCCCCCCCCC. The summed E-state index contributed by atoms with van der Waals surface area (Å²) >= 11 is 0. The molecule has 0 aliphatic rings. The van der Waals surface area contributed by atoms with E-state index in [1.54, 1.807) is 0 Å². The highest BCUT2D eigenvalue weighted by molar-refractivity contribution is 7.47. The first kappa shape index (κ1) is 64.7. The van der Waals surface area contributed by atoms with E-state index in [1.807, 2.05) is 0 Å². The van der Waals surface area contributed by atoms with Crippen molar-refractivity contribution < 1.29 is 43.0 Å². The fourth-order valence-corrected chi connectivity index (χ4v) is 8.82. The van der Waals surface area contributed by atoms with Crippen LogP contribution in [0, 0.1) is 0 Å². The van der Waals surface area contributed by atoms with Crippen LogP contribution in [-0.2, 0) is 27.9 Å². The number of phosphoric ester groups is 1. The summed E-state index contributed by atoms with van der Waals surface area (Å²) in [5.74, 6) is -0.381. The number of rotatable bonds is 54. The van der Waals surface area contributed by atoms with Gasteiger partial charge in [0.15, 0.2) is 0 Å². The molecule has 0 amide bonds. The molecule has 0 bridgehead atoms. The van der Waals surface area contributed by atoms with E-state index in [1.165, 1.54) is 205 Å². The second kappa shape index (κ2) is 53.0. The number of carbonyl (C=O) groups is 1. The first-order valence-corrected chi connectivity index (χ1v) is 29.5. The van der Waals surface area contributed by atoms with Crippen LogP contribution in [0.1, 0.15) is 271 Å². The third-order valence-corrected chi connectivity index (χ3v) is 13.2. The van der Waals surface area contributed by atoms with Crippen LogP contribution in [0.2, 0.25) is 0 Å². The van der Waals surface area contributed by atoms with Crippen molar-refractivity contribution in [3.8, 4) is 0 Å². The summed E-state index contributed by atoms with van der Waals surface area (Å²) < 4.78 is 33.6. The molecule has 0 heterocycles. The lowest BCUT2D eigenvalue weighted by molar-refractivity contribution is -0.154. The number of hydrogen-bond acceptors (Lipinski definition) is 8. The van der Waals surface area contributed by atoms with E-state index in [0.717, 1.165) is 44.9 Å². The average molecular weight is 955 g/mol. The van der Waals surface area contributed by atoms with Crippen molar-refractivity contribution in [2.75, 3.05) is 33.0 Å². The fraction of sp³-hybridized carbons (Fsp3) is 0.875. The molecule has 9 nitrogen and oxygen atoms in total. The Balaban J connectivity index is 4.01. The van der Waals surface area contributed by atoms with Gasteiger partial charge in [-0.2, -0.15) is 0 Å².